The Morgan fingerprint density at radius 3 is 2.86 bits per heavy atom. The number of carbonyl (C=O) groups is 1. The maximum absolute atomic E-state index is 12.9. The van der Waals surface area contributed by atoms with E-state index >= 15 is 0 Å². The molecule has 2 saturated heterocycles. The number of aryl methyl sites for hydroxylation is 1. The van der Waals surface area contributed by atoms with Crippen molar-refractivity contribution in [1.82, 2.24) is 14.8 Å². The lowest BCUT2D eigenvalue weighted by Gasteiger charge is -2.40. The van der Waals surface area contributed by atoms with Gasteiger partial charge in [-0.15, -0.1) is 0 Å². The number of nitriles is 1. The summed E-state index contributed by atoms with van der Waals surface area (Å²) in [6.45, 7) is 6.62. The summed E-state index contributed by atoms with van der Waals surface area (Å²) in [4.78, 5) is 22.1. The van der Waals surface area contributed by atoms with Crippen LogP contribution in [-0.2, 0) is 6.54 Å². The first kappa shape index (κ1) is 18.6. The van der Waals surface area contributed by atoms with Crippen molar-refractivity contribution in [3.8, 4) is 6.07 Å². The number of pyridine rings is 1. The van der Waals surface area contributed by atoms with E-state index in [1.54, 1.807) is 18.2 Å². The molecular weight excluding hydrogens is 348 g/mol. The van der Waals surface area contributed by atoms with E-state index in [4.69, 9.17) is 5.26 Å². The highest BCUT2D eigenvalue weighted by Gasteiger charge is 2.42. The molecule has 0 bridgehead atoms. The zero-order chi connectivity index (χ0) is 19.6. The van der Waals surface area contributed by atoms with E-state index in [1.807, 2.05) is 24.0 Å². The van der Waals surface area contributed by atoms with Crippen molar-refractivity contribution >= 4 is 5.91 Å². The molecule has 2 fully saturated rings. The van der Waals surface area contributed by atoms with Crippen LogP contribution in [0.3, 0.4) is 0 Å². The van der Waals surface area contributed by atoms with Crippen LogP contribution in [0.5, 0.6) is 0 Å². The van der Waals surface area contributed by atoms with Crippen molar-refractivity contribution < 1.29 is 4.79 Å². The Morgan fingerprint density at radius 1 is 1.18 bits per heavy atom. The number of hydrogen-bond acceptors (Lipinski definition) is 4. The number of amides is 1. The summed E-state index contributed by atoms with van der Waals surface area (Å²) in [5.41, 5.74) is 3.52. The highest BCUT2D eigenvalue weighted by Crippen LogP contribution is 2.39. The van der Waals surface area contributed by atoms with Gasteiger partial charge in [-0.05, 0) is 63.1 Å². The van der Waals surface area contributed by atoms with Crippen LogP contribution in [0.1, 0.15) is 46.6 Å². The number of likely N-dealkylation sites (tertiary alicyclic amines) is 2. The molecule has 0 aliphatic carbocycles. The molecule has 2 aliphatic heterocycles. The molecular formula is C23H26N4O. The Morgan fingerprint density at radius 2 is 2.04 bits per heavy atom. The number of rotatable bonds is 3. The summed E-state index contributed by atoms with van der Waals surface area (Å²) in [7, 11) is 0. The molecule has 2 aliphatic rings. The number of piperidine rings is 1. The van der Waals surface area contributed by atoms with Crippen LogP contribution in [0.4, 0.5) is 0 Å². The van der Waals surface area contributed by atoms with Crippen molar-refractivity contribution in [3.63, 3.8) is 0 Å². The third-order valence-corrected chi connectivity index (χ3v) is 6.04. The van der Waals surface area contributed by atoms with E-state index in [-0.39, 0.29) is 11.3 Å². The molecule has 4 rings (SSSR count). The van der Waals surface area contributed by atoms with E-state index in [1.165, 1.54) is 6.42 Å². The highest BCUT2D eigenvalue weighted by atomic mass is 16.2. The second-order valence-corrected chi connectivity index (χ2v) is 8.25. The Balaban J connectivity index is 1.43. The molecule has 1 amide bonds. The molecule has 0 saturated carbocycles. The minimum atomic E-state index is 0.0476. The van der Waals surface area contributed by atoms with Gasteiger partial charge in [0.1, 0.15) is 0 Å². The summed E-state index contributed by atoms with van der Waals surface area (Å²) in [5, 5.41) is 9.09. The largest absolute Gasteiger partial charge is 0.338 e. The van der Waals surface area contributed by atoms with Crippen LogP contribution in [-0.4, -0.2) is 46.9 Å². The van der Waals surface area contributed by atoms with Gasteiger partial charge in [-0.2, -0.15) is 5.26 Å². The fourth-order valence-electron chi connectivity index (χ4n) is 4.71. The minimum Gasteiger partial charge on any atom is -0.338 e. The number of nitrogens with zero attached hydrogens (tertiary/aromatic N) is 4. The SMILES string of the molecule is Cc1cccc(CN2CCC[C@]3(CCN(C(=O)c4cccc(C#N)c4)C3)C2)n1. The van der Waals surface area contributed by atoms with Gasteiger partial charge in [0.05, 0.1) is 17.3 Å². The molecule has 144 valence electrons. The summed E-state index contributed by atoms with van der Waals surface area (Å²) < 4.78 is 0. The maximum atomic E-state index is 12.9. The number of hydrogen-bond donors (Lipinski definition) is 0. The van der Waals surface area contributed by atoms with E-state index in [2.05, 4.69) is 28.1 Å². The lowest BCUT2D eigenvalue weighted by Crippen LogP contribution is -2.45. The Labute approximate surface area is 166 Å². The molecule has 1 aromatic carbocycles. The van der Waals surface area contributed by atoms with Gasteiger partial charge in [-0.1, -0.05) is 12.1 Å². The fraction of sp³-hybridized carbons (Fsp3) is 0.435. The normalized spacial score (nSPS) is 22.4. The molecule has 1 aromatic heterocycles. The van der Waals surface area contributed by atoms with Gasteiger partial charge in [0.25, 0.3) is 5.91 Å². The molecule has 0 N–H and O–H groups in total. The maximum Gasteiger partial charge on any atom is 0.253 e. The molecule has 0 radical (unpaired) electrons. The molecule has 28 heavy (non-hydrogen) atoms. The van der Waals surface area contributed by atoms with Crippen molar-refractivity contribution in [2.24, 2.45) is 5.41 Å². The van der Waals surface area contributed by atoms with Gasteiger partial charge >= 0.3 is 0 Å². The van der Waals surface area contributed by atoms with Gasteiger partial charge in [-0.25, -0.2) is 0 Å². The van der Waals surface area contributed by atoms with E-state index < -0.39 is 0 Å². The van der Waals surface area contributed by atoms with Gasteiger partial charge in [0.2, 0.25) is 0 Å². The summed E-state index contributed by atoms with van der Waals surface area (Å²) in [6.07, 6.45) is 3.39. The van der Waals surface area contributed by atoms with Crippen LogP contribution in [0, 0.1) is 23.7 Å². The standard InChI is InChI=1S/C23H26N4O/c1-18-5-2-8-21(25-18)15-26-11-4-9-23(16-26)10-12-27(17-23)22(28)20-7-3-6-19(13-20)14-24/h2-3,5-8,13H,4,9-12,15-17H2,1H3/t23-/m0/s1. The number of carbonyl (C=O) groups excluding carboxylic acids is 1. The predicted octanol–water partition coefficient (Wildman–Crippen LogP) is 3.39. The minimum absolute atomic E-state index is 0.0476. The average molecular weight is 374 g/mol. The van der Waals surface area contributed by atoms with Crippen LogP contribution in [0.25, 0.3) is 0 Å². The zero-order valence-corrected chi connectivity index (χ0v) is 16.4. The van der Waals surface area contributed by atoms with E-state index in [9.17, 15) is 4.79 Å². The average Bonchev–Trinajstić information content (AvgIpc) is 3.10. The Kier molecular flexibility index (Phi) is 5.15. The van der Waals surface area contributed by atoms with Crippen molar-refractivity contribution in [2.45, 2.75) is 32.7 Å². The van der Waals surface area contributed by atoms with Crippen LogP contribution in [0.15, 0.2) is 42.5 Å². The first-order valence-electron chi connectivity index (χ1n) is 10.0. The summed E-state index contributed by atoms with van der Waals surface area (Å²) in [6, 6.07) is 15.4. The first-order chi connectivity index (χ1) is 13.6. The monoisotopic (exact) mass is 374 g/mol. The van der Waals surface area contributed by atoms with Gasteiger partial charge < -0.3 is 4.90 Å². The fourth-order valence-corrected chi connectivity index (χ4v) is 4.71. The smallest absolute Gasteiger partial charge is 0.253 e. The summed E-state index contributed by atoms with van der Waals surface area (Å²) in [5.74, 6) is 0.0476. The lowest BCUT2D eigenvalue weighted by atomic mass is 9.79. The molecule has 5 heteroatoms. The van der Waals surface area contributed by atoms with E-state index in [0.717, 1.165) is 57.0 Å². The Bertz CT molecular complexity index is 919. The molecule has 5 nitrogen and oxygen atoms in total. The number of aromatic nitrogens is 1. The van der Waals surface area contributed by atoms with Gasteiger partial charge in [0, 0.05) is 42.9 Å². The predicted molar refractivity (Wildman–Crippen MR) is 108 cm³/mol. The second kappa shape index (κ2) is 7.73. The molecule has 1 atom stereocenters. The first-order valence-corrected chi connectivity index (χ1v) is 10.0. The molecule has 0 unspecified atom stereocenters. The Hall–Kier alpha value is -2.71. The van der Waals surface area contributed by atoms with Crippen molar-refractivity contribution in [3.05, 3.63) is 65.0 Å². The second-order valence-electron chi connectivity index (χ2n) is 8.25. The van der Waals surface area contributed by atoms with Crippen LogP contribution < -0.4 is 0 Å². The number of benzene rings is 1. The van der Waals surface area contributed by atoms with Crippen molar-refractivity contribution in [1.29, 1.82) is 5.26 Å². The van der Waals surface area contributed by atoms with Gasteiger partial charge in [-0.3, -0.25) is 14.7 Å². The summed E-state index contributed by atoms with van der Waals surface area (Å²) >= 11 is 0. The third-order valence-electron chi connectivity index (χ3n) is 6.04. The quantitative estimate of drug-likeness (QED) is 0.826. The lowest BCUT2D eigenvalue weighted by molar-refractivity contribution is 0.0672. The van der Waals surface area contributed by atoms with E-state index in [0.29, 0.717) is 11.1 Å². The van der Waals surface area contributed by atoms with Crippen LogP contribution >= 0.6 is 0 Å². The van der Waals surface area contributed by atoms with Crippen molar-refractivity contribution in [2.75, 3.05) is 26.2 Å². The molecule has 2 aromatic rings. The topological polar surface area (TPSA) is 60.2 Å². The zero-order valence-electron chi connectivity index (χ0n) is 16.4. The van der Waals surface area contributed by atoms with Crippen LogP contribution in [0.2, 0.25) is 0 Å². The van der Waals surface area contributed by atoms with Gasteiger partial charge in [0.15, 0.2) is 0 Å². The third kappa shape index (κ3) is 3.93. The molecule has 1 spiro atoms. The molecule has 3 heterocycles. The highest BCUT2D eigenvalue weighted by molar-refractivity contribution is 5.94.